The number of aliphatic carboxylic acids is 1. The summed E-state index contributed by atoms with van der Waals surface area (Å²) in [6.07, 6.45) is 1.20. The van der Waals surface area contributed by atoms with E-state index >= 15 is 0 Å². The van der Waals surface area contributed by atoms with Crippen LogP contribution in [-0.2, 0) is 11.2 Å². The van der Waals surface area contributed by atoms with Gasteiger partial charge in [-0.1, -0.05) is 60.7 Å². The smallest absolute Gasteiger partial charge is 0.317 e. The lowest BCUT2D eigenvalue weighted by molar-refractivity contribution is -0.141. The summed E-state index contributed by atoms with van der Waals surface area (Å²) in [5, 5.41) is 12.2. The third-order valence-corrected chi connectivity index (χ3v) is 4.61. The molecular weight excluding hydrogens is 316 g/mol. The zero-order chi connectivity index (χ0) is 17.6. The van der Waals surface area contributed by atoms with E-state index in [-0.39, 0.29) is 18.6 Å². The van der Waals surface area contributed by atoms with Crippen LogP contribution in [0.5, 0.6) is 0 Å². The van der Waals surface area contributed by atoms with Crippen molar-refractivity contribution < 1.29 is 14.7 Å². The predicted molar refractivity (Wildman–Crippen MR) is 95.2 cm³/mol. The van der Waals surface area contributed by atoms with Crippen LogP contribution in [0, 0.1) is 5.92 Å². The van der Waals surface area contributed by atoms with Gasteiger partial charge in [0.2, 0.25) is 0 Å². The second kappa shape index (κ2) is 7.83. The summed E-state index contributed by atoms with van der Waals surface area (Å²) in [6, 6.07) is 19.5. The number of carboxylic acids is 1. The molecule has 2 atom stereocenters. The first kappa shape index (κ1) is 17.0. The third kappa shape index (κ3) is 4.38. The van der Waals surface area contributed by atoms with Crippen molar-refractivity contribution in [3.63, 3.8) is 0 Å². The van der Waals surface area contributed by atoms with Gasteiger partial charge in [0.05, 0.1) is 12.0 Å². The Morgan fingerprint density at radius 1 is 1.08 bits per heavy atom. The Hall–Kier alpha value is -2.82. The van der Waals surface area contributed by atoms with Gasteiger partial charge >= 0.3 is 12.0 Å². The van der Waals surface area contributed by atoms with Crippen LogP contribution in [0.3, 0.4) is 0 Å². The Bertz CT molecular complexity index is 718. The van der Waals surface area contributed by atoms with Crippen LogP contribution in [0.4, 0.5) is 4.79 Å². The van der Waals surface area contributed by atoms with Crippen LogP contribution in [-0.4, -0.2) is 35.1 Å². The molecule has 1 saturated heterocycles. The number of urea groups is 1. The highest BCUT2D eigenvalue weighted by Crippen LogP contribution is 2.21. The van der Waals surface area contributed by atoms with Crippen molar-refractivity contribution in [2.75, 3.05) is 13.1 Å². The molecule has 2 aromatic carbocycles. The minimum absolute atomic E-state index is 0.153. The van der Waals surface area contributed by atoms with Crippen molar-refractivity contribution in [2.24, 2.45) is 5.92 Å². The molecule has 0 bridgehead atoms. The molecule has 3 rings (SSSR count). The number of hydrogen-bond donors (Lipinski definition) is 2. The van der Waals surface area contributed by atoms with Gasteiger partial charge in [0, 0.05) is 13.1 Å². The van der Waals surface area contributed by atoms with Gasteiger partial charge in [0.15, 0.2) is 0 Å². The van der Waals surface area contributed by atoms with Crippen LogP contribution in [0.2, 0.25) is 0 Å². The lowest BCUT2D eigenvalue weighted by Crippen LogP contribution is -2.41. The lowest BCUT2D eigenvalue weighted by Gasteiger charge is -2.24. The molecule has 0 aliphatic carbocycles. The summed E-state index contributed by atoms with van der Waals surface area (Å²) in [5.74, 6) is -1.30. The van der Waals surface area contributed by atoms with Crippen molar-refractivity contribution in [1.82, 2.24) is 10.2 Å². The van der Waals surface area contributed by atoms with Gasteiger partial charge in [-0.3, -0.25) is 4.79 Å². The number of hydrogen-bond acceptors (Lipinski definition) is 2. The predicted octanol–water partition coefficient (Wildman–Crippen LogP) is 3.09. The number of carbonyl (C=O) groups excluding carboxylic acids is 1. The van der Waals surface area contributed by atoms with Gasteiger partial charge in [-0.05, 0) is 24.0 Å². The molecule has 1 heterocycles. The first-order valence-electron chi connectivity index (χ1n) is 8.50. The number of nitrogens with one attached hydrogen (secondary N) is 1. The second-order valence-electron chi connectivity index (χ2n) is 6.37. The number of rotatable bonds is 5. The fourth-order valence-corrected chi connectivity index (χ4v) is 3.17. The first-order valence-corrected chi connectivity index (χ1v) is 8.50. The van der Waals surface area contributed by atoms with Crippen molar-refractivity contribution in [3.05, 3.63) is 71.8 Å². The maximum atomic E-state index is 12.6. The average Bonchev–Trinajstić information content (AvgIpc) is 3.13. The molecular formula is C20H22N2O3. The normalized spacial score (nSPS) is 17.9. The molecule has 0 aromatic heterocycles. The number of likely N-dealkylation sites (tertiary alicyclic amines) is 1. The van der Waals surface area contributed by atoms with E-state index in [1.807, 2.05) is 60.7 Å². The average molecular weight is 338 g/mol. The van der Waals surface area contributed by atoms with E-state index in [9.17, 15) is 9.59 Å². The first-order chi connectivity index (χ1) is 12.1. The SMILES string of the molecule is O=C(O)C1CCN(C(=O)NC(Cc2ccccc2)c2ccccc2)C1. The highest BCUT2D eigenvalue weighted by molar-refractivity contribution is 5.77. The minimum atomic E-state index is -0.834. The highest BCUT2D eigenvalue weighted by Gasteiger charge is 2.31. The molecule has 1 fully saturated rings. The molecule has 2 N–H and O–H groups in total. The maximum Gasteiger partial charge on any atom is 0.317 e. The lowest BCUT2D eigenvalue weighted by atomic mass is 9.99. The Labute approximate surface area is 147 Å². The molecule has 2 unspecified atom stereocenters. The summed E-state index contributed by atoms with van der Waals surface area (Å²) in [5.41, 5.74) is 2.18. The van der Waals surface area contributed by atoms with E-state index in [1.54, 1.807) is 4.90 Å². The Balaban J connectivity index is 1.71. The van der Waals surface area contributed by atoms with Crippen LogP contribution in [0.15, 0.2) is 60.7 Å². The molecule has 1 aliphatic heterocycles. The number of amides is 2. The quantitative estimate of drug-likeness (QED) is 0.880. The molecule has 5 nitrogen and oxygen atoms in total. The van der Waals surface area contributed by atoms with E-state index in [0.29, 0.717) is 19.4 Å². The summed E-state index contributed by atoms with van der Waals surface area (Å²) >= 11 is 0. The summed E-state index contributed by atoms with van der Waals surface area (Å²) in [4.78, 5) is 25.3. The van der Waals surface area contributed by atoms with Gasteiger partial charge < -0.3 is 15.3 Å². The van der Waals surface area contributed by atoms with Gasteiger partial charge in [0.1, 0.15) is 0 Å². The molecule has 130 valence electrons. The molecule has 0 radical (unpaired) electrons. The zero-order valence-corrected chi connectivity index (χ0v) is 14.0. The van der Waals surface area contributed by atoms with Crippen LogP contribution in [0.25, 0.3) is 0 Å². The van der Waals surface area contributed by atoms with Crippen LogP contribution < -0.4 is 5.32 Å². The van der Waals surface area contributed by atoms with Crippen LogP contribution in [0.1, 0.15) is 23.6 Å². The summed E-state index contributed by atoms with van der Waals surface area (Å²) in [6.45, 7) is 0.754. The molecule has 5 heteroatoms. The number of benzene rings is 2. The number of nitrogens with zero attached hydrogens (tertiary/aromatic N) is 1. The third-order valence-electron chi connectivity index (χ3n) is 4.61. The van der Waals surface area contributed by atoms with Gasteiger partial charge in [-0.25, -0.2) is 4.79 Å². The molecule has 1 aliphatic rings. The van der Waals surface area contributed by atoms with Gasteiger partial charge in [-0.2, -0.15) is 0 Å². The maximum absolute atomic E-state index is 12.6. The molecule has 0 spiro atoms. The molecule has 2 aromatic rings. The zero-order valence-electron chi connectivity index (χ0n) is 14.0. The standard InChI is InChI=1S/C20H22N2O3/c23-19(24)17-11-12-22(14-17)20(25)21-18(16-9-5-2-6-10-16)13-15-7-3-1-4-8-15/h1-10,17-18H,11-14H2,(H,21,25)(H,23,24). The van der Waals surface area contributed by atoms with Crippen molar-refractivity contribution in [1.29, 1.82) is 0 Å². The van der Waals surface area contributed by atoms with Crippen molar-refractivity contribution in [2.45, 2.75) is 18.9 Å². The van der Waals surface area contributed by atoms with E-state index in [1.165, 1.54) is 0 Å². The van der Waals surface area contributed by atoms with E-state index in [4.69, 9.17) is 5.11 Å². The topological polar surface area (TPSA) is 69.6 Å². The largest absolute Gasteiger partial charge is 0.481 e. The van der Waals surface area contributed by atoms with E-state index in [0.717, 1.165) is 11.1 Å². The fraction of sp³-hybridized carbons (Fsp3) is 0.300. The molecule has 0 saturated carbocycles. The van der Waals surface area contributed by atoms with E-state index in [2.05, 4.69) is 5.32 Å². The van der Waals surface area contributed by atoms with E-state index < -0.39 is 11.9 Å². The highest BCUT2D eigenvalue weighted by atomic mass is 16.4. The Morgan fingerprint density at radius 2 is 1.72 bits per heavy atom. The minimum Gasteiger partial charge on any atom is -0.481 e. The molecule has 25 heavy (non-hydrogen) atoms. The van der Waals surface area contributed by atoms with Crippen LogP contribution >= 0.6 is 0 Å². The number of carbonyl (C=O) groups is 2. The van der Waals surface area contributed by atoms with Crippen molar-refractivity contribution in [3.8, 4) is 0 Å². The molecule has 2 amide bonds. The summed E-state index contributed by atoms with van der Waals surface area (Å²) in [7, 11) is 0. The monoisotopic (exact) mass is 338 g/mol. The Kier molecular flexibility index (Phi) is 5.33. The second-order valence-corrected chi connectivity index (χ2v) is 6.37. The summed E-state index contributed by atoms with van der Waals surface area (Å²) < 4.78 is 0. The van der Waals surface area contributed by atoms with Crippen molar-refractivity contribution >= 4 is 12.0 Å². The fourth-order valence-electron chi connectivity index (χ4n) is 3.17. The Morgan fingerprint density at radius 3 is 2.32 bits per heavy atom. The van der Waals surface area contributed by atoms with Gasteiger partial charge in [-0.15, -0.1) is 0 Å². The van der Waals surface area contributed by atoms with Gasteiger partial charge in [0.25, 0.3) is 0 Å². The number of carboxylic acid groups (broad SMARTS) is 1.